The SMILES string of the molecule is N#Cc1cc(F)cc(Oc2ccc(SC(F)(F)F)c3c2CC(F)(F)[C@H]3O)c1. The van der Waals surface area contributed by atoms with Crippen molar-refractivity contribution in [3.05, 3.63) is 52.8 Å². The lowest BCUT2D eigenvalue weighted by Crippen LogP contribution is -2.21. The summed E-state index contributed by atoms with van der Waals surface area (Å²) in [5.74, 6) is -4.92. The first kappa shape index (κ1) is 19.4. The Bertz CT molecular complexity index is 938. The summed E-state index contributed by atoms with van der Waals surface area (Å²) in [6.07, 6.45) is -3.46. The van der Waals surface area contributed by atoms with Crippen LogP contribution >= 0.6 is 11.8 Å². The average molecular weight is 405 g/mol. The van der Waals surface area contributed by atoms with Gasteiger partial charge in [0.2, 0.25) is 0 Å². The Morgan fingerprint density at radius 2 is 1.93 bits per heavy atom. The Balaban J connectivity index is 2.07. The van der Waals surface area contributed by atoms with E-state index in [0.29, 0.717) is 0 Å². The molecular weight excluding hydrogens is 396 g/mol. The van der Waals surface area contributed by atoms with Crippen molar-refractivity contribution in [1.82, 2.24) is 0 Å². The highest BCUT2D eigenvalue weighted by Gasteiger charge is 2.50. The molecule has 0 spiro atoms. The van der Waals surface area contributed by atoms with E-state index in [0.717, 1.165) is 30.3 Å². The van der Waals surface area contributed by atoms with Gasteiger partial charge >= 0.3 is 5.51 Å². The molecule has 27 heavy (non-hydrogen) atoms. The van der Waals surface area contributed by atoms with E-state index in [9.17, 15) is 31.4 Å². The molecule has 0 amide bonds. The predicted octanol–water partition coefficient (Wildman–Crippen LogP) is 5.33. The number of ether oxygens (including phenoxy) is 1. The number of nitriles is 1. The van der Waals surface area contributed by atoms with Crippen LogP contribution in [0.25, 0.3) is 0 Å². The standard InChI is InChI=1S/C17H9F6NO2S/c18-9-3-8(7-24)4-10(5-9)26-12-1-2-13(27-17(21,22)23)14-11(12)6-16(19,20)15(14)25/h1-5,15,25H,6H2/t15-/m0/s1. The van der Waals surface area contributed by atoms with Gasteiger partial charge in [0.25, 0.3) is 5.92 Å². The summed E-state index contributed by atoms with van der Waals surface area (Å²) in [5, 5.41) is 18.7. The van der Waals surface area contributed by atoms with E-state index >= 15 is 0 Å². The molecule has 1 atom stereocenters. The third kappa shape index (κ3) is 3.99. The Morgan fingerprint density at radius 1 is 1.22 bits per heavy atom. The number of hydrogen-bond donors (Lipinski definition) is 1. The fourth-order valence-electron chi connectivity index (χ4n) is 2.77. The van der Waals surface area contributed by atoms with E-state index < -0.39 is 52.0 Å². The maximum Gasteiger partial charge on any atom is 0.446 e. The van der Waals surface area contributed by atoms with E-state index in [1.165, 1.54) is 0 Å². The average Bonchev–Trinajstić information content (AvgIpc) is 2.79. The van der Waals surface area contributed by atoms with Gasteiger partial charge in [0.1, 0.15) is 23.4 Å². The third-order valence-electron chi connectivity index (χ3n) is 3.81. The van der Waals surface area contributed by atoms with Crippen molar-refractivity contribution < 1.29 is 36.2 Å². The van der Waals surface area contributed by atoms with Crippen LogP contribution in [-0.2, 0) is 6.42 Å². The fourth-order valence-corrected chi connectivity index (χ4v) is 3.50. The first-order chi connectivity index (χ1) is 12.5. The summed E-state index contributed by atoms with van der Waals surface area (Å²) >= 11 is -0.618. The number of hydrogen-bond acceptors (Lipinski definition) is 4. The molecule has 0 fully saturated rings. The van der Waals surface area contributed by atoms with Gasteiger partial charge in [-0.3, -0.25) is 0 Å². The number of rotatable bonds is 3. The van der Waals surface area contributed by atoms with Gasteiger partial charge in [0.05, 0.1) is 11.6 Å². The topological polar surface area (TPSA) is 53.2 Å². The van der Waals surface area contributed by atoms with Crippen LogP contribution in [0.1, 0.15) is 22.8 Å². The van der Waals surface area contributed by atoms with E-state index in [1.54, 1.807) is 6.07 Å². The summed E-state index contributed by atoms with van der Waals surface area (Å²) in [4.78, 5) is -0.563. The minimum atomic E-state index is -4.74. The molecule has 2 aromatic rings. The Kier molecular flexibility index (Phi) is 4.78. The Labute approximate surface area is 153 Å². The first-order valence-corrected chi connectivity index (χ1v) is 8.18. The summed E-state index contributed by atoms with van der Waals surface area (Å²) in [6, 6.07) is 6.61. The summed E-state index contributed by atoms with van der Waals surface area (Å²) < 4.78 is 84.8. The van der Waals surface area contributed by atoms with Crippen LogP contribution < -0.4 is 4.74 Å². The fraction of sp³-hybridized carbons (Fsp3) is 0.235. The normalized spacial score (nSPS) is 18.1. The van der Waals surface area contributed by atoms with Crippen molar-refractivity contribution in [1.29, 1.82) is 5.26 Å². The van der Waals surface area contributed by atoms with Gasteiger partial charge in [0, 0.05) is 28.5 Å². The van der Waals surface area contributed by atoms with E-state index in [4.69, 9.17) is 10.00 Å². The number of alkyl halides is 5. The maximum absolute atomic E-state index is 13.9. The molecule has 3 nitrogen and oxygen atoms in total. The van der Waals surface area contributed by atoms with Gasteiger partial charge in [-0.25, -0.2) is 13.2 Å². The number of aliphatic hydroxyl groups excluding tert-OH is 1. The molecule has 0 aromatic heterocycles. The van der Waals surface area contributed by atoms with Crippen molar-refractivity contribution in [2.24, 2.45) is 0 Å². The molecule has 1 aliphatic rings. The van der Waals surface area contributed by atoms with Crippen LogP contribution in [-0.4, -0.2) is 16.5 Å². The van der Waals surface area contributed by atoms with Crippen molar-refractivity contribution in [3.63, 3.8) is 0 Å². The second-order valence-electron chi connectivity index (χ2n) is 5.73. The Hall–Kier alpha value is -2.38. The lowest BCUT2D eigenvalue weighted by molar-refractivity contribution is -0.0977. The molecule has 2 aromatic carbocycles. The number of fused-ring (bicyclic) bond motifs is 1. The quantitative estimate of drug-likeness (QED) is 0.554. The highest BCUT2D eigenvalue weighted by Crippen LogP contribution is 2.52. The molecule has 0 bridgehead atoms. The lowest BCUT2D eigenvalue weighted by Gasteiger charge is -2.17. The highest BCUT2D eigenvalue weighted by molar-refractivity contribution is 8.00. The van der Waals surface area contributed by atoms with Crippen molar-refractivity contribution >= 4 is 11.8 Å². The highest BCUT2D eigenvalue weighted by atomic mass is 32.2. The molecule has 10 heteroatoms. The van der Waals surface area contributed by atoms with E-state index in [2.05, 4.69) is 0 Å². The van der Waals surface area contributed by atoms with Crippen LogP contribution in [0.2, 0.25) is 0 Å². The van der Waals surface area contributed by atoms with Crippen LogP contribution in [0.4, 0.5) is 26.3 Å². The second kappa shape index (κ2) is 6.65. The van der Waals surface area contributed by atoms with Crippen LogP contribution in [0.15, 0.2) is 35.2 Å². The van der Waals surface area contributed by atoms with Crippen LogP contribution in [0, 0.1) is 17.1 Å². The molecule has 142 valence electrons. The minimum absolute atomic E-state index is 0.0868. The van der Waals surface area contributed by atoms with Crippen molar-refractivity contribution in [3.8, 4) is 17.6 Å². The van der Waals surface area contributed by atoms with E-state index in [-0.39, 0.29) is 22.6 Å². The summed E-state index contributed by atoms with van der Waals surface area (Å²) in [6.45, 7) is 0. The molecule has 1 N–H and O–H groups in total. The molecule has 0 aliphatic heterocycles. The molecule has 0 unspecified atom stereocenters. The van der Waals surface area contributed by atoms with Gasteiger partial charge in [-0.15, -0.1) is 0 Å². The smallest absolute Gasteiger partial charge is 0.446 e. The molecular formula is C17H9F6NO2S. The predicted molar refractivity (Wildman–Crippen MR) is 83.2 cm³/mol. The van der Waals surface area contributed by atoms with Gasteiger partial charge in [-0.1, -0.05) is 0 Å². The zero-order chi connectivity index (χ0) is 20.0. The number of nitrogens with zero attached hydrogens (tertiary/aromatic N) is 1. The number of benzene rings is 2. The zero-order valence-electron chi connectivity index (χ0n) is 13.1. The monoisotopic (exact) mass is 405 g/mol. The van der Waals surface area contributed by atoms with Gasteiger partial charge in [0.15, 0.2) is 0 Å². The molecule has 0 saturated heterocycles. The van der Waals surface area contributed by atoms with Gasteiger partial charge < -0.3 is 9.84 Å². The van der Waals surface area contributed by atoms with Gasteiger partial charge in [-0.2, -0.15) is 18.4 Å². The maximum atomic E-state index is 13.9. The van der Waals surface area contributed by atoms with Crippen LogP contribution in [0.3, 0.4) is 0 Å². The van der Waals surface area contributed by atoms with Gasteiger partial charge in [-0.05, 0) is 36.0 Å². The molecule has 0 saturated carbocycles. The number of aliphatic hydroxyl groups is 1. The molecule has 3 rings (SSSR count). The zero-order valence-corrected chi connectivity index (χ0v) is 14.0. The molecule has 0 heterocycles. The molecule has 0 radical (unpaired) electrons. The summed E-state index contributed by atoms with van der Waals surface area (Å²) in [5.41, 5.74) is -5.70. The number of thioether (sulfide) groups is 1. The lowest BCUT2D eigenvalue weighted by atomic mass is 10.1. The number of halogens is 6. The van der Waals surface area contributed by atoms with Crippen molar-refractivity contribution in [2.45, 2.75) is 28.9 Å². The second-order valence-corrected chi connectivity index (χ2v) is 6.84. The van der Waals surface area contributed by atoms with E-state index in [1.807, 2.05) is 0 Å². The van der Waals surface area contributed by atoms with Crippen molar-refractivity contribution in [2.75, 3.05) is 0 Å². The third-order valence-corrected chi connectivity index (χ3v) is 4.62. The molecule has 1 aliphatic carbocycles. The largest absolute Gasteiger partial charge is 0.457 e. The Morgan fingerprint density at radius 3 is 2.56 bits per heavy atom. The first-order valence-electron chi connectivity index (χ1n) is 7.36. The minimum Gasteiger partial charge on any atom is -0.457 e. The van der Waals surface area contributed by atoms with Crippen LogP contribution in [0.5, 0.6) is 11.5 Å². The summed E-state index contributed by atoms with van der Waals surface area (Å²) in [7, 11) is 0.